The van der Waals surface area contributed by atoms with Crippen LogP contribution >= 0.6 is 11.3 Å². The van der Waals surface area contributed by atoms with Gasteiger partial charge in [0.15, 0.2) is 10.9 Å². The Bertz CT molecular complexity index is 666. The van der Waals surface area contributed by atoms with Crippen molar-refractivity contribution in [1.29, 1.82) is 0 Å². The minimum atomic E-state index is -0.648. The molecule has 1 aliphatic rings. The fourth-order valence-corrected chi connectivity index (χ4v) is 3.46. The molecular formula is C16H24N4O3S. The monoisotopic (exact) mass is 352 g/mol. The van der Waals surface area contributed by atoms with Gasteiger partial charge < -0.3 is 16.4 Å². The maximum absolute atomic E-state index is 12.1. The number of rotatable bonds is 5. The molecule has 2 rings (SSSR count). The summed E-state index contributed by atoms with van der Waals surface area (Å²) < 4.78 is 0. The van der Waals surface area contributed by atoms with E-state index in [4.69, 9.17) is 5.73 Å². The molecule has 1 aromatic heterocycles. The van der Waals surface area contributed by atoms with Crippen LogP contribution in [0.4, 0.5) is 5.13 Å². The summed E-state index contributed by atoms with van der Waals surface area (Å²) in [5, 5.41) is 5.52. The smallest absolute Gasteiger partial charge is 0.245 e. The fraction of sp³-hybridized carbons (Fsp3) is 0.625. The first-order valence-corrected chi connectivity index (χ1v) is 8.77. The van der Waals surface area contributed by atoms with Gasteiger partial charge in [0.1, 0.15) is 0 Å². The first-order chi connectivity index (χ1) is 11.1. The van der Waals surface area contributed by atoms with Crippen molar-refractivity contribution in [3.63, 3.8) is 0 Å². The highest BCUT2D eigenvalue weighted by Crippen LogP contribution is 2.38. The van der Waals surface area contributed by atoms with Gasteiger partial charge in [-0.05, 0) is 17.8 Å². The van der Waals surface area contributed by atoms with Crippen LogP contribution in [0, 0.1) is 11.3 Å². The maximum atomic E-state index is 12.1. The second kappa shape index (κ2) is 6.98. The Labute approximate surface area is 145 Å². The number of hydrogen-bond donors (Lipinski definition) is 3. The number of carbonyl (C=O) groups is 3. The lowest BCUT2D eigenvalue weighted by Crippen LogP contribution is -2.46. The van der Waals surface area contributed by atoms with Crippen molar-refractivity contribution in [2.24, 2.45) is 17.1 Å². The molecule has 1 heterocycles. The quantitative estimate of drug-likeness (QED) is 0.740. The minimum Gasteiger partial charge on any atom is -0.346 e. The Morgan fingerprint density at radius 2 is 2.00 bits per heavy atom. The van der Waals surface area contributed by atoms with Gasteiger partial charge in [-0.25, -0.2) is 4.98 Å². The standard InChI is InChI=1S/C16H24N4O3S/c1-8(2)12(17)14(23)18-7-11(22)20-15-19-9-5-16(3,4)6-10(21)13(9)24-15/h8,12H,5-7,17H2,1-4H3,(H,18,23)(H,19,20,22)/t12-/m0/s1. The molecule has 1 aromatic rings. The largest absolute Gasteiger partial charge is 0.346 e. The van der Waals surface area contributed by atoms with E-state index in [0.29, 0.717) is 22.9 Å². The van der Waals surface area contributed by atoms with E-state index in [1.807, 2.05) is 27.7 Å². The van der Waals surface area contributed by atoms with Gasteiger partial charge in [0, 0.05) is 6.42 Å². The Kier molecular flexibility index (Phi) is 5.39. The van der Waals surface area contributed by atoms with Gasteiger partial charge in [0.2, 0.25) is 11.8 Å². The van der Waals surface area contributed by atoms with Gasteiger partial charge in [0.05, 0.1) is 23.2 Å². The van der Waals surface area contributed by atoms with Crippen LogP contribution in [-0.4, -0.2) is 35.2 Å². The summed E-state index contributed by atoms with van der Waals surface area (Å²) in [7, 11) is 0. The van der Waals surface area contributed by atoms with Gasteiger partial charge in [-0.15, -0.1) is 0 Å². The summed E-state index contributed by atoms with van der Waals surface area (Å²) in [5.74, 6) is -0.698. The normalized spacial score (nSPS) is 17.3. The van der Waals surface area contributed by atoms with Crippen molar-refractivity contribution in [3.8, 4) is 0 Å². The number of thiazole rings is 1. The van der Waals surface area contributed by atoms with Crippen LogP contribution in [0.1, 0.15) is 49.5 Å². The zero-order valence-corrected chi connectivity index (χ0v) is 15.3. The van der Waals surface area contributed by atoms with Gasteiger partial charge >= 0.3 is 0 Å². The second-order valence-electron chi connectivity index (χ2n) is 7.27. The molecule has 0 radical (unpaired) electrons. The van der Waals surface area contributed by atoms with E-state index in [-0.39, 0.29) is 29.6 Å². The van der Waals surface area contributed by atoms with Gasteiger partial charge in [-0.3, -0.25) is 14.4 Å². The lowest BCUT2D eigenvalue weighted by atomic mass is 9.78. The van der Waals surface area contributed by atoms with Gasteiger partial charge in [-0.1, -0.05) is 39.0 Å². The third kappa shape index (κ3) is 4.39. The molecule has 0 aliphatic heterocycles. The highest BCUT2D eigenvalue weighted by Gasteiger charge is 2.34. The SMILES string of the molecule is CC(C)[C@H](N)C(=O)NCC(=O)Nc1nc2c(s1)C(=O)CC(C)(C)C2. The number of anilines is 1. The molecule has 0 bridgehead atoms. The zero-order chi connectivity index (χ0) is 18.1. The number of nitrogens with one attached hydrogen (secondary N) is 2. The summed E-state index contributed by atoms with van der Waals surface area (Å²) in [6.07, 6.45) is 1.19. The third-order valence-electron chi connectivity index (χ3n) is 3.93. The molecule has 7 nitrogen and oxygen atoms in total. The van der Waals surface area contributed by atoms with Crippen LogP contribution in [0.3, 0.4) is 0 Å². The lowest BCUT2D eigenvalue weighted by Gasteiger charge is -2.26. The summed E-state index contributed by atoms with van der Waals surface area (Å²) in [6, 6.07) is -0.648. The first-order valence-electron chi connectivity index (χ1n) is 7.95. The van der Waals surface area contributed by atoms with Crippen LogP contribution in [0.2, 0.25) is 0 Å². The fourth-order valence-electron chi connectivity index (χ4n) is 2.53. The number of nitrogens with zero attached hydrogens (tertiary/aromatic N) is 1. The number of aromatic nitrogens is 1. The molecule has 2 amide bonds. The number of fused-ring (bicyclic) bond motifs is 1. The number of carbonyl (C=O) groups excluding carboxylic acids is 3. The van der Waals surface area contributed by atoms with E-state index in [1.54, 1.807) is 0 Å². The van der Waals surface area contributed by atoms with Crippen LogP contribution in [0.25, 0.3) is 0 Å². The lowest BCUT2D eigenvalue weighted by molar-refractivity contribution is -0.125. The number of amides is 2. The maximum Gasteiger partial charge on any atom is 0.245 e. The molecule has 4 N–H and O–H groups in total. The van der Waals surface area contributed by atoms with E-state index in [9.17, 15) is 14.4 Å². The molecular weight excluding hydrogens is 328 g/mol. The molecule has 0 saturated heterocycles. The van der Waals surface area contributed by atoms with Crippen molar-refractivity contribution in [1.82, 2.24) is 10.3 Å². The van der Waals surface area contributed by atoms with Crippen LogP contribution < -0.4 is 16.4 Å². The molecule has 24 heavy (non-hydrogen) atoms. The molecule has 0 saturated carbocycles. The average molecular weight is 352 g/mol. The Balaban J connectivity index is 1.94. The van der Waals surface area contributed by atoms with Crippen molar-refractivity contribution in [2.75, 3.05) is 11.9 Å². The predicted molar refractivity (Wildman–Crippen MR) is 93.0 cm³/mol. The summed E-state index contributed by atoms with van der Waals surface area (Å²) in [6.45, 7) is 7.55. The third-order valence-corrected chi connectivity index (χ3v) is 4.98. The average Bonchev–Trinajstić information content (AvgIpc) is 2.84. The van der Waals surface area contributed by atoms with Crippen LogP contribution in [-0.2, 0) is 16.0 Å². The highest BCUT2D eigenvalue weighted by atomic mass is 32.1. The predicted octanol–water partition coefficient (Wildman–Crippen LogP) is 1.34. The molecule has 0 spiro atoms. The first kappa shape index (κ1) is 18.5. The Hall–Kier alpha value is -1.80. The molecule has 8 heteroatoms. The topological polar surface area (TPSA) is 114 Å². The zero-order valence-electron chi connectivity index (χ0n) is 14.4. The number of nitrogens with two attached hydrogens (primary N) is 1. The van der Waals surface area contributed by atoms with E-state index in [0.717, 1.165) is 5.69 Å². The summed E-state index contributed by atoms with van der Waals surface area (Å²) in [5.41, 5.74) is 6.34. The molecule has 0 unspecified atom stereocenters. The number of hydrogen-bond acceptors (Lipinski definition) is 6. The van der Waals surface area contributed by atoms with Crippen molar-refractivity contribution >= 4 is 34.1 Å². The van der Waals surface area contributed by atoms with Crippen LogP contribution in [0.5, 0.6) is 0 Å². The molecule has 0 fully saturated rings. The number of Topliss-reactive ketones (excluding diaryl/α,β-unsaturated/α-hetero) is 1. The van der Waals surface area contributed by atoms with Gasteiger partial charge in [0.25, 0.3) is 0 Å². The van der Waals surface area contributed by atoms with E-state index < -0.39 is 11.9 Å². The summed E-state index contributed by atoms with van der Waals surface area (Å²) in [4.78, 5) is 40.8. The van der Waals surface area contributed by atoms with Gasteiger partial charge in [-0.2, -0.15) is 0 Å². The van der Waals surface area contributed by atoms with E-state index >= 15 is 0 Å². The van der Waals surface area contributed by atoms with Crippen molar-refractivity contribution in [3.05, 3.63) is 10.6 Å². The van der Waals surface area contributed by atoms with Crippen LogP contribution in [0.15, 0.2) is 0 Å². The highest BCUT2D eigenvalue weighted by molar-refractivity contribution is 7.17. The van der Waals surface area contributed by atoms with Crippen molar-refractivity contribution in [2.45, 2.75) is 46.6 Å². The minimum absolute atomic E-state index is 0.00637. The molecule has 1 atom stereocenters. The summed E-state index contributed by atoms with van der Waals surface area (Å²) >= 11 is 1.19. The van der Waals surface area contributed by atoms with E-state index in [1.165, 1.54) is 11.3 Å². The van der Waals surface area contributed by atoms with Crippen molar-refractivity contribution < 1.29 is 14.4 Å². The number of ketones is 1. The molecule has 0 aromatic carbocycles. The Morgan fingerprint density at radius 3 is 2.62 bits per heavy atom. The van der Waals surface area contributed by atoms with E-state index in [2.05, 4.69) is 15.6 Å². The Morgan fingerprint density at radius 1 is 1.33 bits per heavy atom. The molecule has 132 valence electrons. The molecule has 1 aliphatic carbocycles. The second-order valence-corrected chi connectivity index (χ2v) is 8.27.